The van der Waals surface area contributed by atoms with Gasteiger partial charge in [0, 0.05) is 23.3 Å². The van der Waals surface area contributed by atoms with Crippen LogP contribution in [0.1, 0.15) is 103 Å². The van der Waals surface area contributed by atoms with Crippen molar-refractivity contribution in [3.05, 3.63) is 41.6 Å². The van der Waals surface area contributed by atoms with Crippen LogP contribution < -0.4 is 24.8 Å². The Morgan fingerprint density at radius 1 is 1.08 bits per heavy atom. The van der Waals surface area contributed by atoms with E-state index < -0.39 is 93.7 Å². The molecule has 2 aromatic rings. The molecule has 20 heteroatoms. The van der Waals surface area contributed by atoms with E-state index >= 15 is 0 Å². The lowest BCUT2D eigenvalue weighted by Crippen LogP contribution is -2.58. The lowest BCUT2D eigenvalue weighted by molar-refractivity contribution is -0.144. The number of benzene rings is 1. The molecular formula is C43H58F3N5O10SSi. The first-order chi connectivity index (χ1) is 29.3. The van der Waals surface area contributed by atoms with Gasteiger partial charge in [-0.15, -0.1) is 0 Å². The van der Waals surface area contributed by atoms with E-state index in [0.717, 1.165) is 4.90 Å². The molecule has 1 spiro atoms. The molecule has 1 aromatic heterocycles. The van der Waals surface area contributed by atoms with Crippen molar-refractivity contribution < 1.29 is 59.8 Å². The maximum Gasteiger partial charge on any atom is 0.437 e. The predicted octanol–water partition coefficient (Wildman–Crippen LogP) is 6.35. The molecule has 1 aromatic carbocycles. The Kier molecular flexibility index (Phi) is 12.2. The summed E-state index contributed by atoms with van der Waals surface area (Å²) in [6.45, 7) is 12.3. The molecule has 7 rings (SSSR count). The number of hydrogen-bond donors (Lipinski definition) is 4. The number of carbonyl (C=O) groups excluding carboxylic acids is 3. The Balaban J connectivity index is 1.21. The van der Waals surface area contributed by atoms with Crippen LogP contribution in [-0.4, -0.2) is 103 Å². The number of carboxylic acid groups (broad SMARTS) is 1. The van der Waals surface area contributed by atoms with Crippen LogP contribution in [0.4, 0.5) is 18.0 Å². The third-order valence-corrected chi connectivity index (χ3v) is 20.7. The van der Waals surface area contributed by atoms with Gasteiger partial charge in [0.2, 0.25) is 21.8 Å². The highest BCUT2D eigenvalue weighted by molar-refractivity contribution is 7.91. The van der Waals surface area contributed by atoms with Crippen LogP contribution in [0.5, 0.6) is 11.5 Å². The van der Waals surface area contributed by atoms with Gasteiger partial charge in [0.05, 0.1) is 23.4 Å². The van der Waals surface area contributed by atoms with Gasteiger partial charge in [-0.2, -0.15) is 13.2 Å². The summed E-state index contributed by atoms with van der Waals surface area (Å²) in [6.07, 6.45) is 0.114. The van der Waals surface area contributed by atoms with Crippen molar-refractivity contribution in [3.63, 3.8) is 0 Å². The number of sulfonamides is 1. The maximum absolute atomic E-state index is 14.9. The van der Waals surface area contributed by atoms with E-state index in [1.54, 1.807) is 18.2 Å². The first-order valence-corrected chi connectivity index (χ1v) is 26.0. The Morgan fingerprint density at radius 3 is 2.48 bits per heavy atom. The highest BCUT2D eigenvalue weighted by atomic mass is 32.2. The van der Waals surface area contributed by atoms with Crippen molar-refractivity contribution in [2.45, 2.75) is 151 Å². The lowest BCUT2D eigenvalue weighted by atomic mass is 9.87. The number of ether oxygens (including phenoxy) is 2. The lowest BCUT2D eigenvalue weighted by Gasteiger charge is -2.37. The molecule has 3 aliphatic heterocycles. The molecule has 5 atom stereocenters. The number of alkyl halides is 3. The van der Waals surface area contributed by atoms with Gasteiger partial charge < -0.3 is 34.5 Å². The zero-order valence-electron chi connectivity index (χ0n) is 36.6. The minimum atomic E-state index is -4.97. The Morgan fingerprint density at radius 2 is 1.81 bits per heavy atom. The summed E-state index contributed by atoms with van der Waals surface area (Å²) in [6, 6.07) is 1.87. The normalized spacial score (nSPS) is 27.5. The fourth-order valence-electron chi connectivity index (χ4n) is 8.61. The number of rotatable bonds is 9. The molecule has 4 amide bonds. The van der Waals surface area contributed by atoms with Crippen molar-refractivity contribution in [1.29, 1.82) is 0 Å². The summed E-state index contributed by atoms with van der Waals surface area (Å²) in [5.74, 6) is -3.30. The average Bonchev–Trinajstić information content (AvgIpc) is 4.08. The number of pyridine rings is 1. The molecule has 5 aliphatic rings. The topological polar surface area (TPSA) is 203 Å². The van der Waals surface area contributed by atoms with Crippen LogP contribution in [0.2, 0.25) is 18.1 Å². The van der Waals surface area contributed by atoms with Crippen LogP contribution in [-0.2, 0) is 41.4 Å². The average molecular weight is 922 g/mol. The Bertz CT molecular complexity index is 2320. The largest absolute Gasteiger partial charge is 0.491 e. The fourth-order valence-corrected chi connectivity index (χ4v) is 11.0. The summed E-state index contributed by atoms with van der Waals surface area (Å²) in [4.78, 5) is 60.1. The molecule has 4 N–H and O–H groups in total. The molecule has 0 radical (unpaired) electrons. The minimum absolute atomic E-state index is 0.0135. The second kappa shape index (κ2) is 16.5. The molecule has 63 heavy (non-hydrogen) atoms. The van der Waals surface area contributed by atoms with Gasteiger partial charge in [0.1, 0.15) is 35.6 Å². The van der Waals surface area contributed by atoms with Gasteiger partial charge in [-0.25, -0.2) is 18.2 Å². The second-order valence-corrected chi connectivity index (χ2v) is 26.6. The first kappa shape index (κ1) is 46.6. The van der Waals surface area contributed by atoms with Crippen LogP contribution in [0.3, 0.4) is 0 Å². The minimum Gasteiger partial charge on any atom is -0.491 e. The van der Waals surface area contributed by atoms with Crippen molar-refractivity contribution >= 4 is 53.1 Å². The second-order valence-electron chi connectivity index (χ2n) is 19.6. The van der Waals surface area contributed by atoms with Crippen LogP contribution >= 0.6 is 0 Å². The number of carbonyl (C=O) groups is 4. The van der Waals surface area contributed by atoms with Crippen molar-refractivity contribution in [2.75, 3.05) is 19.8 Å². The van der Waals surface area contributed by atoms with Crippen molar-refractivity contribution in [1.82, 2.24) is 25.2 Å². The number of allylic oxidation sites excluding steroid dienone is 1. The van der Waals surface area contributed by atoms with Gasteiger partial charge in [-0.1, -0.05) is 45.8 Å². The maximum atomic E-state index is 14.9. The van der Waals surface area contributed by atoms with Gasteiger partial charge in [0.15, 0.2) is 19.8 Å². The van der Waals surface area contributed by atoms with E-state index in [2.05, 4.69) is 54.2 Å². The molecular weight excluding hydrogens is 864 g/mol. The van der Waals surface area contributed by atoms with Crippen molar-refractivity contribution in [2.24, 2.45) is 5.92 Å². The summed E-state index contributed by atoms with van der Waals surface area (Å²) in [5, 5.41) is 15.1. The SMILES string of the molecule is CC(C)(C)[Si](C)(C)OCCOc1ccc2nc(C(F)(F)F)c3c(c2c1)CC[C@]1(C[C@H]2C(=O)N[C@]4(C(=O)NS(=O)(=O)C5(C)CC5)C[C@H]4C=CCCCCC[C@H](NC(=O)O)C(=O)N2C1)O3. The zero-order chi connectivity index (χ0) is 46.0. The molecule has 2 aliphatic carbocycles. The third kappa shape index (κ3) is 9.39. The van der Waals surface area contributed by atoms with Gasteiger partial charge in [-0.3, -0.25) is 19.1 Å². The number of aromatic nitrogens is 1. The van der Waals surface area contributed by atoms with Crippen LogP contribution in [0.25, 0.3) is 10.9 Å². The quantitative estimate of drug-likeness (QED) is 0.124. The number of fused-ring (bicyclic) bond motifs is 5. The highest BCUT2D eigenvalue weighted by Crippen LogP contribution is 2.51. The van der Waals surface area contributed by atoms with E-state index in [1.165, 1.54) is 13.0 Å². The zero-order valence-corrected chi connectivity index (χ0v) is 38.4. The number of nitrogens with one attached hydrogen (secondary N) is 3. The van der Waals surface area contributed by atoms with Crippen LogP contribution in [0, 0.1) is 5.92 Å². The molecule has 1 saturated heterocycles. The molecule has 2 saturated carbocycles. The predicted molar refractivity (Wildman–Crippen MR) is 228 cm³/mol. The van der Waals surface area contributed by atoms with Gasteiger partial charge >= 0.3 is 12.3 Å². The summed E-state index contributed by atoms with van der Waals surface area (Å²) in [5.41, 5.74) is -4.26. The smallest absolute Gasteiger partial charge is 0.437 e. The number of halogens is 3. The molecule has 15 nitrogen and oxygen atoms in total. The number of amides is 4. The fraction of sp³-hybridized carbons (Fsp3) is 0.651. The van der Waals surface area contributed by atoms with E-state index in [1.807, 2.05) is 6.08 Å². The first-order valence-electron chi connectivity index (χ1n) is 21.7. The molecule has 0 unspecified atom stereocenters. The summed E-state index contributed by atoms with van der Waals surface area (Å²) < 4.78 is 90.8. The highest BCUT2D eigenvalue weighted by Gasteiger charge is 2.64. The summed E-state index contributed by atoms with van der Waals surface area (Å²) in [7, 11) is -6.17. The molecule has 0 bridgehead atoms. The monoisotopic (exact) mass is 921 g/mol. The molecule has 3 fully saturated rings. The van der Waals surface area contributed by atoms with E-state index in [0.29, 0.717) is 56.3 Å². The molecule has 4 heterocycles. The van der Waals surface area contributed by atoms with Gasteiger partial charge in [0.25, 0.3) is 5.91 Å². The third-order valence-electron chi connectivity index (χ3n) is 14.0. The van der Waals surface area contributed by atoms with Crippen LogP contribution in [0.15, 0.2) is 30.4 Å². The number of nitrogens with zero attached hydrogens (tertiary/aromatic N) is 2. The van der Waals surface area contributed by atoms with E-state index in [-0.39, 0.29) is 61.4 Å². The Labute approximate surface area is 366 Å². The standard InChI is InChI=1S/C43H58F3N5O10SSi/c1-39(2,3)63(5,6)60-21-20-59-27-14-15-30-29(22-27)28-16-17-41(61-33(28)34(47-30)43(44,45)46)24-32-35(52)49-42(37(54)50-62(57,58)40(4)18-19-40)23-26(42)12-10-8-7-9-11-13-31(48-38(55)56)36(53)51(32)25-41/h10,12,14-15,22,26,31-32,48H,7-9,11,13,16-21,23-25H2,1-6H3,(H,49,52)(H,50,54)(H,55,56)/t26-,31+,32+,41-,42-/m1/s1. The number of hydrogen-bond acceptors (Lipinski definition) is 10. The molecule has 346 valence electrons. The van der Waals surface area contributed by atoms with E-state index in [4.69, 9.17) is 13.9 Å². The summed E-state index contributed by atoms with van der Waals surface area (Å²) >= 11 is 0. The van der Waals surface area contributed by atoms with E-state index in [9.17, 15) is 45.9 Å². The Hall–Kier alpha value is -4.43. The number of aryl methyl sites for hydroxylation is 1. The van der Waals surface area contributed by atoms with Gasteiger partial charge in [-0.05, 0) is 94.6 Å². The van der Waals surface area contributed by atoms with Crippen molar-refractivity contribution in [3.8, 4) is 11.5 Å².